The van der Waals surface area contributed by atoms with Gasteiger partial charge >= 0.3 is 0 Å². The van der Waals surface area contributed by atoms with Gasteiger partial charge in [0.1, 0.15) is 24.0 Å². The molecule has 3 aromatic carbocycles. The molecule has 0 N–H and O–H groups in total. The maximum Gasteiger partial charge on any atom is 0.203 e. The van der Waals surface area contributed by atoms with E-state index in [2.05, 4.69) is 0 Å². The first kappa shape index (κ1) is 18.4. The molecule has 3 aromatic rings. The van der Waals surface area contributed by atoms with Crippen LogP contribution in [0.1, 0.15) is 21.5 Å². The Morgan fingerprint density at radius 1 is 0.963 bits per heavy atom. The van der Waals surface area contributed by atoms with Crippen LogP contribution >= 0.6 is 11.6 Å². The molecular formula is C23H16ClNO2. The predicted octanol–water partition coefficient (Wildman–Crippen LogP) is 5.71. The van der Waals surface area contributed by atoms with Crippen LogP contribution in [0.5, 0.6) is 5.75 Å². The number of ketones is 1. The summed E-state index contributed by atoms with van der Waals surface area (Å²) in [5.74, 6) is 0.255. The number of hydrogen-bond acceptors (Lipinski definition) is 3. The molecule has 4 heteroatoms. The molecule has 0 aliphatic heterocycles. The van der Waals surface area contributed by atoms with Crippen molar-refractivity contribution in [3.63, 3.8) is 0 Å². The Balaban J connectivity index is 1.86. The van der Waals surface area contributed by atoms with Crippen molar-refractivity contribution in [2.75, 3.05) is 0 Å². The lowest BCUT2D eigenvalue weighted by molar-refractivity contribution is 0.104. The lowest BCUT2D eigenvalue weighted by Gasteiger charge is -2.10. The summed E-state index contributed by atoms with van der Waals surface area (Å²) in [4.78, 5) is 12.6. The van der Waals surface area contributed by atoms with E-state index < -0.39 is 0 Å². The summed E-state index contributed by atoms with van der Waals surface area (Å²) in [5.41, 5.74) is 2.04. The highest BCUT2D eigenvalue weighted by molar-refractivity contribution is 6.31. The summed E-state index contributed by atoms with van der Waals surface area (Å²) in [6.07, 6.45) is 1.55. The Bertz CT molecular complexity index is 1020. The summed E-state index contributed by atoms with van der Waals surface area (Å²) in [6.45, 7) is 0.291. The second-order valence-corrected chi connectivity index (χ2v) is 6.19. The highest BCUT2D eigenvalue weighted by atomic mass is 35.5. The van der Waals surface area contributed by atoms with E-state index in [4.69, 9.17) is 16.3 Å². The minimum atomic E-state index is -0.320. The number of nitriles is 1. The van der Waals surface area contributed by atoms with Crippen LogP contribution in [0.15, 0.2) is 84.4 Å². The summed E-state index contributed by atoms with van der Waals surface area (Å²) in [5, 5.41) is 10.1. The van der Waals surface area contributed by atoms with E-state index in [1.54, 1.807) is 48.5 Å². The third-order valence-electron chi connectivity index (χ3n) is 3.96. The summed E-state index contributed by atoms with van der Waals surface area (Å²) >= 11 is 6.17. The standard InChI is InChI=1S/C23H16ClNO2/c24-21-12-6-4-11-19(21)16-27-22-13-7-5-10-18(22)14-20(15-25)23(26)17-8-2-1-3-9-17/h1-14H,16H2/b20-14+. The first-order valence-corrected chi connectivity index (χ1v) is 8.73. The molecule has 0 unspecified atom stereocenters. The number of benzene rings is 3. The molecule has 0 amide bonds. The number of ether oxygens (including phenoxy) is 1. The zero-order chi connectivity index (χ0) is 19.1. The van der Waals surface area contributed by atoms with Crippen LogP contribution in [0.25, 0.3) is 6.08 Å². The number of carbonyl (C=O) groups is 1. The lowest BCUT2D eigenvalue weighted by Crippen LogP contribution is -2.02. The Labute approximate surface area is 163 Å². The number of nitrogens with zero attached hydrogens (tertiary/aromatic N) is 1. The van der Waals surface area contributed by atoms with Gasteiger partial charge in [-0.15, -0.1) is 0 Å². The van der Waals surface area contributed by atoms with Crippen molar-refractivity contribution in [1.29, 1.82) is 5.26 Å². The van der Waals surface area contributed by atoms with E-state index in [1.807, 2.05) is 42.5 Å². The number of hydrogen-bond donors (Lipinski definition) is 0. The second kappa shape index (κ2) is 8.84. The third-order valence-corrected chi connectivity index (χ3v) is 4.33. The van der Waals surface area contributed by atoms with Crippen molar-refractivity contribution in [1.82, 2.24) is 0 Å². The van der Waals surface area contributed by atoms with Gasteiger partial charge in [0.25, 0.3) is 0 Å². The molecule has 3 rings (SSSR count). The monoisotopic (exact) mass is 373 g/mol. The third kappa shape index (κ3) is 4.63. The van der Waals surface area contributed by atoms with Gasteiger partial charge in [-0.2, -0.15) is 5.26 Å². The number of allylic oxidation sites excluding steroid dienone is 1. The molecule has 0 heterocycles. The first-order valence-electron chi connectivity index (χ1n) is 8.36. The molecule has 0 bridgehead atoms. The average Bonchev–Trinajstić information content (AvgIpc) is 2.72. The molecule has 0 saturated carbocycles. The minimum Gasteiger partial charge on any atom is -0.488 e. The van der Waals surface area contributed by atoms with E-state index in [0.29, 0.717) is 28.5 Å². The fourth-order valence-corrected chi connectivity index (χ4v) is 2.74. The van der Waals surface area contributed by atoms with Gasteiger partial charge in [0.15, 0.2) is 0 Å². The molecule has 3 nitrogen and oxygen atoms in total. The highest BCUT2D eigenvalue weighted by Crippen LogP contribution is 2.24. The molecule has 0 aliphatic rings. The van der Waals surface area contributed by atoms with Gasteiger partial charge in [-0.1, -0.05) is 78.3 Å². The number of halogens is 1. The largest absolute Gasteiger partial charge is 0.488 e. The van der Waals surface area contributed by atoms with Crippen LogP contribution in [0.4, 0.5) is 0 Å². The van der Waals surface area contributed by atoms with Crippen LogP contribution < -0.4 is 4.74 Å². The van der Waals surface area contributed by atoms with Crippen LogP contribution in [-0.2, 0) is 6.61 Å². The smallest absolute Gasteiger partial charge is 0.203 e. The molecule has 27 heavy (non-hydrogen) atoms. The first-order chi connectivity index (χ1) is 13.2. The van der Waals surface area contributed by atoms with Gasteiger partial charge in [0.2, 0.25) is 5.78 Å². The molecule has 0 aromatic heterocycles. The van der Waals surface area contributed by atoms with Gasteiger partial charge in [-0.05, 0) is 18.2 Å². The molecule has 0 radical (unpaired) electrons. The van der Waals surface area contributed by atoms with E-state index >= 15 is 0 Å². The Hall–Kier alpha value is -3.35. The SMILES string of the molecule is N#C/C(=C\c1ccccc1OCc1ccccc1Cl)C(=O)c1ccccc1. The predicted molar refractivity (Wildman–Crippen MR) is 107 cm³/mol. The number of rotatable bonds is 6. The van der Waals surface area contributed by atoms with Crippen molar-refractivity contribution in [2.45, 2.75) is 6.61 Å². The molecule has 0 atom stereocenters. The normalized spacial score (nSPS) is 10.9. The van der Waals surface area contributed by atoms with E-state index in [-0.39, 0.29) is 11.4 Å². The molecule has 0 fully saturated rings. The molecule has 0 spiro atoms. The van der Waals surface area contributed by atoms with Crippen molar-refractivity contribution in [3.05, 3.63) is 106 Å². The van der Waals surface area contributed by atoms with E-state index in [0.717, 1.165) is 5.56 Å². The summed E-state index contributed by atoms with van der Waals surface area (Å²) in [7, 11) is 0. The van der Waals surface area contributed by atoms with Gasteiger partial charge < -0.3 is 4.74 Å². The zero-order valence-electron chi connectivity index (χ0n) is 14.4. The average molecular weight is 374 g/mol. The highest BCUT2D eigenvalue weighted by Gasteiger charge is 2.13. The Morgan fingerprint density at radius 2 is 1.63 bits per heavy atom. The maximum atomic E-state index is 12.6. The lowest BCUT2D eigenvalue weighted by atomic mass is 10.0. The van der Waals surface area contributed by atoms with Gasteiger partial charge in [0, 0.05) is 21.7 Å². The molecular weight excluding hydrogens is 358 g/mol. The van der Waals surface area contributed by atoms with Crippen molar-refractivity contribution in [2.24, 2.45) is 0 Å². The second-order valence-electron chi connectivity index (χ2n) is 5.78. The zero-order valence-corrected chi connectivity index (χ0v) is 15.2. The summed E-state index contributed by atoms with van der Waals surface area (Å²) < 4.78 is 5.89. The molecule has 132 valence electrons. The van der Waals surface area contributed by atoms with Gasteiger partial charge in [-0.3, -0.25) is 4.79 Å². The van der Waals surface area contributed by atoms with Crippen LogP contribution in [0, 0.1) is 11.3 Å². The topological polar surface area (TPSA) is 50.1 Å². The van der Waals surface area contributed by atoms with Crippen LogP contribution in [0.3, 0.4) is 0 Å². The minimum absolute atomic E-state index is 0.0509. The fraction of sp³-hybridized carbons (Fsp3) is 0.0435. The quantitative estimate of drug-likeness (QED) is 0.316. The van der Waals surface area contributed by atoms with Crippen LogP contribution in [-0.4, -0.2) is 5.78 Å². The molecule has 0 aliphatic carbocycles. The van der Waals surface area contributed by atoms with Crippen molar-refractivity contribution < 1.29 is 9.53 Å². The summed E-state index contributed by atoms with van der Waals surface area (Å²) in [6, 6.07) is 25.4. The number of Topliss-reactive ketones (excluding diaryl/α,β-unsaturated/α-hetero) is 1. The molecule has 0 saturated heterocycles. The number of carbonyl (C=O) groups excluding carboxylic acids is 1. The van der Waals surface area contributed by atoms with Crippen LogP contribution in [0.2, 0.25) is 5.02 Å². The Kier molecular flexibility index (Phi) is 6.04. The van der Waals surface area contributed by atoms with Crippen molar-refractivity contribution >= 4 is 23.5 Å². The van der Waals surface area contributed by atoms with Gasteiger partial charge in [0.05, 0.1) is 0 Å². The van der Waals surface area contributed by atoms with E-state index in [1.165, 1.54) is 0 Å². The van der Waals surface area contributed by atoms with E-state index in [9.17, 15) is 10.1 Å². The number of para-hydroxylation sites is 1. The fourth-order valence-electron chi connectivity index (χ4n) is 2.55. The Morgan fingerprint density at radius 3 is 2.37 bits per heavy atom. The van der Waals surface area contributed by atoms with Gasteiger partial charge in [-0.25, -0.2) is 0 Å². The van der Waals surface area contributed by atoms with Crippen molar-refractivity contribution in [3.8, 4) is 11.8 Å². The maximum absolute atomic E-state index is 12.6.